The first-order valence-corrected chi connectivity index (χ1v) is 6.08. The quantitative estimate of drug-likeness (QED) is 0.554. The van der Waals surface area contributed by atoms with Crippen LogP contribution in [0.3, 0.4) is 0 Å². The van der Waals surface area contributed by atoms with Gasteiger partial charge in [-0.3, -0.25) is 4.98 Å². The van der Waals surface area contributed by atoms with Crippen molar-refractivity contribution in [3.63, 3.8) is 0 Å². The van der Waals surface area contributed by atoms with E-state index in [4.69, 9.17) is 4.74 Å². The smallest absolute Gasteiger partial charge is 0.0887 e. The van der Waals surface area contributed by atoms with Crippen LogP contribution in [0.2, 0.25) is 0 Å². The maximum Gasteiger partial charge on any atom is 0.0887 e. The van der Waals surface area contributed by atoms with Crippen molar-refractivity contribution in [3.05, 3.63) is 42.2 Å². The van der Waals surface area contributed by atoms with Crippen LogP contribution < -0.4 is 5.32 Å². The van der Waals surface area contributed by atoms with Gasteiger partial charge in [-0.05, 0) is 18.1 Å². The van der Waals surface area contributed by atoms with Crippen LogP contribution in [0.5, 0.6) is 0 Å². The van der Waals surface area contributed by atoms with Crippen LogP contribution in [0.4, 0.5) is 0 Å². The van der Waals surface area contributed by atoms with Gasteiger partial charge in [-0.25, -0.2) is 0 Å². The third-order valence-corrected chi connectivity index (χ3v) is 2.32. The van der Waals surface area contributed by atoms with Crippen molar-refractivity contribution in [2.75, 3.05) is 6.61 Å². The van der Waals surface area contributed by atoms with E-state index in [1.54, 1.807) is 0 Å². The molecule has 0 saturated heterocycles. The highest BCUT2D eigenvalue weighted by Crippen LogP contribution is 2.02. The lowest BCUT2D eigenvalue weighted by Gasteiger charge is -2.08. The predicted octanol–water partition coefficient (Wildman–Crippen LogP) is 2.67. The molecule has 0 unspecified atom stereocenters. The second-order valence-electron chi connectivity index (χ2n) is 4.32. The Labute approximate surface area is 104 Å². The SMILES string of the molecule is C=CCCOCc1ccc(CNC(C)C)cn1. The largest absolute Gasteiger partial charge is 0.375 e. The Balaban J connectivity index is 2.31. The maximum atomic E-state index is 5.45. The lowest BCUT2D eigenvalue weighted by Crippen LogP contribution is -2.21. The summed E-state index contributed by atoms with van der Waals surface area (Å²) in [5.41, 5.74) is 2.18. The van der Waals surface area contributed by atoms with E-state index in [-0.39, 0.29) is 0 Å². The Hall–Kier alpha value is -1.19. The maximum absolute atomic E-state index is 5.45. The lowest BCUT2D eigenvalue weighted by atomic mass is 10.2. The number of hydrogen-bond acceptors (Lipinski definition) is 3. The van der Waals surface area contributed by atoms with Crippen LogP contribution in [0.15, 0.2) is 31.0 Å². The molecule has 0 aliphatic heterocycles. The van der Waals surface area contributed by atoms with Gasteiger partial charge in [-0.1, -0.05) is 26.0 Å². The van der Waals surface area contributed by atoms with Gasteiger partial charge in [0.05, 0.1) is 18.9 Å². The average Bonchev–Trinajstić information content (AvgIpc) is 2.33. The zero-order chi connectivity index (χ0) is 12.5. The van der Waals surface area contributed by atoms with Crippen molar-refractivity contribution < 1.29 is 4.74 Å². The molecule has 0 radical (unpaired) electrons. The molecule has 0 amide bonds. The van der Waals surface area contributed by atoms with Crippen molar-refractivity contribution in [3.8, 4) is 0 Å². The molecule has 0 spiro atoms. The van der Waals surface area contributed by atoms with Gasteiger partial charge in [0.2, 0.25) is 0 Å². The summed E-state index contributed by atoms with van der Waals surface area (Å²) in [6, 6.07) is 4.61. The number of pyridine rings is 1. The fraction of sp³-hybridized carbons (Fsp3) is 0.500. The molecular weight excluding hydrogens is 212 g/mol. The number of hydrogen-bond donors (Lipinski definition) is 1. The molecule has 0 aliphatic carbocycles. The van der Waals surface area contributed by atoms with Gasteiger partial charge in [0.15, 0.2) is 0 Å². The number of ether oxygens (including phenoxy) is 1. The molecule has 0 fully saturated rings. The highest BCUT2D eigenvalue weighted by Gasteiger charge is 1.98. The summed E-state index contributed by atoms with van der Waals surface area (Å²) in [7, 11) is 0. The number of rotatable bonds is 8. The molecule has 0 aliphatic rings. The molecule has 1 aromatic heterocycles. The Morgan fingerprint density at radius 1 is 1.47 bits per heavy atom. The Bertz CT molecular complexity index is 319. The van der Waals surface area contributed by atoms with Crippen molar-refractivity contribution in [2.24, 2.45) is 0 Å². The first-order valence-electron chi connectivity index (χ1n) is 6.08. The Morgan fingerprint density at radius 2 is 2.29 bits per heavy atom. The number of nitrogens with zero attached hydrogens (tertiary/aromatic N) is 1. The standard InChI is InChI=1S/C14H22N2O/c1-4-5-8-17-11-14-7-6-13(10-16-14)9-15-12(2)3/h4,6-7,10,12,15H,1,5,8-9,11H2,2-3H3. The summed E-state index contributed by atoms with van der Waals surface area (Å²) in [6.07, 6.45) is 4.64. The van der Waals surface area contributed by atoms with Crippen LogP contribution in [-0.2, 0) is 17.9 Å². The first kappa shape index (κ1) is 13.9. The third kappa shape index (κ3) is 6.19. The van der Waals surface area contributed by atoms with Crippen LogP contribution in [0, 0.1) is 0 Å². The van der Waals surface area contributed by atoms with Crippen LogP contribution in [0.25, 0.3) is 0 Å². The molecule has 94 valence electrons. The highest BCUT2D eigenvalue weighted by molar-refractivity contribution is 5.13. The topological polar surface area (TPSA) is 34.1 Å². The lowest BCUT2D eigenvalue weighted by molar-refractivity contribution is 0.122. The fourth-order valence-corrected chi connectivity index (χ4v) is 1.31. The van der Waals surface area contributed by atoms with Crippen molar-refractivity contribution in [2.45, 2.75) is 39.5 Å². The zero-order valence-corrected chi connectivity index (χ0v) is 10.8. The predicted molar refractivity (Wildman–Crippen MR) is 70.7 cm³/mol. The van der Waals surface area contributed by atoms with Gasteiger partial charge in [-0.15, -0.1) is 6.58 Å². The Morgan fingerprint density at radius 3 is 2.88 bits per heavy atom. The van der Waals surface area contributed by atoms with Gasteiger partial charge in [0, 0.05) is 18.8 Å². The van der Waals surface area contributed by atoms with Crippen LogP contribution in [0.1, 0.15) is 31.5 Å². The van der Waals surface area contributed by atoms with E-state index in [2.05, 4.69) is 36.8 Å². The minimum absolute atomic E-state index is 0.497. The summed E-state index contributed by atoms with van der Waals surface area (Å²) in [4.78, 5) is 4.36. The third-order valence-electron chi connectivity index (χ3n) is 2.32. The molecule has 1 heterocycles. The molecule has 0 aromatic carbocycles. The summed E-state index contributed by atoms with van der Waals surface area (Å²) < 4.78 is 5.45. The second-order valence-corrected chi connectivity index (χ2v) is 4.32. The van der Waals surface area contributed by atoms with Gasteiger partial charge in [-0.2, -0.15) is 0 Å². The minimum atomic E-state index is 0.497. The van der Waals surface area contributed by atoms with Crippen LogP contribution in [-0.4, -0.2) is 17.6 Å². The van der Waals surface area contributed by atoms with E-state index in [9.17, 15) is 0 Å². The van der Waals surface area contributed by atoms with E-state index in [0.29, 0.717) is 19.3 Å². The second kappa shape index (κ2) is 7.98. The molecule has 3 heteroatoms. The zero-order valence-electron chi connectivity index (χ0n) is 10.8. The molecule has 17 heavy (non-hydrogen) atoms. The minimum Gasteiger partial charge on any atom is -0.375 e. The van der Waals surface area contributed by atoms with Gasteiger partial charge in [0.25, 0.3) is 0 Å². The monoisotopic (exact) mass is 234 g/mol. The molecule has 1 N–H and O–H groups in total. The number of aromatic nitrogens is 1. The number of nitrogens with one attached hydrogen (secondary N) is 1. The molecule has 0 bridgehead atoms. The van der Waals surface area contributed by atoms with Crippen molar-refractivity contribution >= 4 is 0 Å². The summed E-state index contributed by atoms with van der Waals surface area (Å²) >= 11 is 0. The molecule has 0 saturated carbocycles. The molecular formula is C14H22N2O. The Kier molecular flexibility index (Phi) is 6.51. The van der Waals surface area contributed by atoms with E-state index in [1.165, 1.54) is 5.56 Å². The van der Waals surface area contributed by atoms with Gasteiger partial charge < -0.3 is 10.1 Å². The van der Waals surface area contributed by atoms with Crippen LogP contribution >= 0.6 is 0 Å². The fourth-order valence-electron chi connectivity index (χ4n) is 1.31. The first-order chi connectivity index (χ1) is 8.22. The molecule has 1 aromatic rings. The van der Waals surface area contributed by atoms with Crippen molar-refractivity contribution in [1.29, 1.82) is 0 Å². The van der Waals surface area contributed by atoms with Gasteiger partial charge >= 0.3 is 0 Å². The van der Waals surface area contributed by atoms with E-state index < -0.39 is 0 Å². The summed E-state index contributed by atoms with van der Waals surface area (Å²) in [6.45, 7) is 10.1. The molecule has 0 atom stereocenters. The van der Waals surface area contributed by atoms with E-state index in [0.717, 1.165) is 18.7 Å². The van der Waals surface area contributed by atoms with Crippen molar-refractivity contribution in [1.82, 2.24) is 10.3 Å². The van der Waals surface area contributed by atoms with Gasteiger partial charge in [0.1, 0.15) is 0 Å². The normalized spacial score (nSPS) is 10.8. The summed E-state index contributed by atoms with van der Waals surface area (Å²) in [5, 5.41) is 3.36. The van der Waals surface area contributed by atoms with E-state index >= 15 is 0 Å². The molecule has 3 nitrogen and oxygen atoms in total. The highest BCUT2D eigenvalue weighted by atomic mass is 16.5. The molecule has 1 rings (SSSR count). The summed E-state index contributed by atoms with van der Waals surface area (Å²) in [5.74, 6) is 0. The average molecular weight is 234 g/mol. The van der Waals surface area contributed by atoms with E-state index in [1.807, 2.05) is 18.3 Å².